The van der Waals surface area contributed by atoms with Gasteiger partial charge in [0, 0.05) is 11.8 Å². The van der Waals surface area contributed by atoms with Gasteiger partial charge in [0.2, 0.25) is 5.75 Å². The van der Waals surface area contributed by atoms with E-state index in [1.54, 1.807) is 6.07 Å². The van der Waals surface area contributed by atoms with Crippen molar-refractivity contribution in [2.75, 3.05) is 18.9 Å². The van der Waals surface area contributed by atoms with Gasteiger partial charge in [0.15, 0.2) is 11.5 Å². The summed E-state index contributed by atoms with van der Waals surface area (Å²) >= 11 is 0. The predicted molar refractivity (Wildman–Crippen MR) is 79.7 cm³/mol. The van der Waals surface area contributed by atoms with E-state index in [0.717, 1.165) is 0 Å². The van der Waals surface area contributed by atoms with Crippen molar-refractivity contribution in [1.82, 2.24) is 0 Å². The smallest absolute Gasteiger partial charge is 0.211 e. The van der Waals surface area contributed by atoms with Crippen LogP contribution in [0, 0.1) is 0 Å². The van der Waals surface area contributed by atoms with Crippen molar-refractivity contribution in [2.24, 2.45) is 0 Å². The quantitative estimate of drug-likeness (QED) is 0.812. The van der Waals surface area contributed by atoms with Crippen LogP contribution in [0.4, 0.5) is 5.69 Å². The molecule has 0 unspecified atom stereocenters. The Kier molecular flexibility index (Phi) is 4.71. The Labute approximate surface area is 119 Å². The van der Waals surface area contributed by atoms with E-state index in [0.29, 0.717) is 41.9 Å². The number of nitrogens with two attached hydrogens (primary N) is 1. The van der Waals surface area contributed by atoms with Crippen LogP contribution in [0.1, 0.15) is 13.8 Å². The Morgan fingerprint density at radius 1 is 0.900 bits per heavy atom. The van der Waals surface area contributed by atoms with Gasteiger partial charge < -0.3 is 19.9 Å². The highest BCUT2D eigenvalue weighted by Gasteiger charge is 2.13. The van der Waals surface area contributed by atoms with Crippen molar-refractivity contribution in [2.45, 2.75) is 13.8 Å². The Morgan fingerprint density at radius 3 is 2.05 bits per heavy atom. The fraction of sp³-hybridized carbons (Fsp3) is 0.250. The van der Waals surface area contributed by atoms with Gasteiger partial charge in [0.1, 0.15) is 5.75 Å². The summed E-state index contributed by atoms with van der Waals surface area (Å²) in [5.74, 6) is 2.53. The first kappa shape index (κ1) is 14.1. The summed E-state index contributed by atoms with van der Waals surface area (Å²) in [7, 11) is 0. The molecule has 106 valence electrons. The summed E-state index contributed by atoms with van der Waals surface area (Å²) < 4.78 is 17.1. The molecule has 0 amide bonds. The van der Waals surface area contributed by atoms with E-state index in [2.05, 4.69) is 0 Å². The van der Waals surface area contributed by atoms with Crippen LogP contribution in [-0.4, -0.2) is 13.2 Å². The summed E-state index contributed by atoms with van der Waals surface area (Å²) in [6, 6.07) is 12.8. The lowest BCUT2D eigenvalue weighted by molar-refractivity contribution is 0.294. The lowest BCUT2D eigenvalue weighted by atomic mass is 10.2. The molecule has 2 aromatic carbocycles. The molecule has 0 aromatic heterocycles. The molecule has 0 radical (unpaired) electrons. The minimum Gasteiger partial charge on any atom is -0.490 e. The van der Waals surface area contributed by atoms with Gasteiger partial charge in [-0.05, 0) is 38.1 Å². The molecule has 2 aromatic rings. The highest BCUT2D eigenvalue weighted by atomic mass is 16.5. The van der Waals surface area contributed by atoms with Gasteiger partial charge >= 0.3 is 0 Å². The largest absolute Gasteiger partial charge is 0.490 e. The number of hydrogen-bond acceptors (Lipinski definition) is 4. The summed E-state index contributed by atoms with van der Waals surface area (Å²) in [6.45, 7) is 4.97. The molecule has 2 rings (SSSR count). The monoisotopic (exact) mass is 273 g/mol. The van der Waals surface area contributed by atoms with Crippen molar-refractivity contribution < 1.29 is 14.2 Å². The van der Waals surface area contributed by atoms with Gasteiger partial charge in [-0.25, -0.2) is 0 Å². The zero-order chi connectivity index (χ0) is 14.4. The lowest BCUT2D eigenvalue weighted by Gasteiger charge is -2.15. The SMILES string of the molecule is CCOc1cccc(OCC)c1Oc1cccc(N)c1. The van der Waals surface area contributed by atoms with Gasteiger partial charge in [-0.3, -0.25) is 0 Å². The summed E-state index contributed by atoms with van der Waals surface area (Å²) in [6.07, 6.45) is 0. The van der Waals surface area contributed by atoms with Crippen molar-refractivity contribution >= 4 is 5.69 Å². The number of hydrogen-bond donors (Lipinski definition) is 1. The van der Waals surface area contributed by atoms with Crippen molar-refractivity contribution in [3.63, 3.8) is 0 Å². The first-order valence-electron chi connectivity index (χ1n) is 6.66. The number of benzene rings is 2. The second-order valence-electron chi connectivity index (χ2n) is 4.12. The maximum atomic E-state index is 5.90. The average molecular weight is 273 g/mol. The molecule has 20 heavy (non-hydrogen) atoms. The lowest BCUT2D eigenvalue weighted by Crippen LogP contribution is -1.99. The van der Waals surface area contributed by atoms with Gasteiger partial charge in [-0.15, -0.1) is 0 Å². The fourth-order valence-corrected chi connectivity index (χ4v) is 1.83. The molecule has 2 N–H and O–H groups in total. The third-order valence-electron chi connectivity index (χ3n) is 2.62. The van der Waals surface area contributed by atoms with Gasteiger partial charge in [0.05, 0.1) is 13.2 Å². The van der Waals surface area contributed by atoms with Crippen LogP contribution in [0.5, 0.6) is 23.0 Å². The Hall–Kier alpha value is -2.36. The highest BCUT2D eigenvalue weighted by Crippen LogP contribution is 2.40. The van der Waals surface area contributed by atoms with Crippen LogP contribution in [0.15, 0.2) is 42.5 Å². The van der Waals surface area contributed by atoms with Crippen LogP contribution >= 0.6 is 0 Å². The molecule has 0 aliphatic carbocycles. The Morgan fingerprint density at radius 2 is 1.50 bits per heavy atom. The normalized spacial score (nSPS) is 10.1. The van der Waals surface area contributed by atoms with E-state index in [1.165, 1.54) is 0 Å². The van der Waals surface area contributed by atoms with Crippen LogP contribution < -0.4 is 19.9 Å². The minimum atomic E-state index is 0.558. The van der Waals surface area contributed by atoms with E-state index in [9.17, 15) is 0 Å². The number of anilines is 1. The second kappa shape index (κ2) is 6.70. The predicted octanol–water partition coefficient (Wildman–Crippen LogP) is 3.86. The van der Waals surface area contributed by atoms with Crippen LogP contribution in [0.25, 0.3) is 0 Å². The third kappa shape index (κ3) is 3.35. The first-order chi connectivity index (χ1) is 9.74. The van der Waals surface area contributed by atoms with Crippen molar-refractivity contribution in [1.29, 1.82) is 0 Å². The molecule has 0 atom stereocenters. The van der Waals surface area contributed by atoms with Gasteiger partial charge in [-0.2, -0.15) is 0 Å². The molecule has 4 nitrogen and oxygen atoms in total. The zero-order valence-electron chi connectivity index (χ0n) is 11.8. The molecule has 4 heteroatoms. The van der Waals surface area contributed by atoms with Crippen molar-refractivity contribution in [3.8, 4) is 23.0 Å². The van der Waals surface area contributed by atoms with Crippen LogP contribution in [0.3, 0.4) is 0 Å². The molecule has 0 saturated heterocycles. The molecule has 0 spiro atoms. The molecule has 0 saturated carbocycles. The first-order valence-corrected chi connectivity index (χ1v) is 6.66. The zero-order valence-corrected chi connectivity index (χ0v) is 11.8. The molecular weight excluding hydrogens is 254 g/mol. The summed E-state index contributed by atoms with van der Waals surface area (Å²) in [4.78, 5) is 0. The summed E-state index contributed by atoms with van der Waals surface area (Å²) in [5, 5.41) is 0. The van der Waals surface area contributed by atoms with E-state index in [-0.39, 0.29) is 0 Å². The van der Waals surface area contributed by atoms with Crippen molar-refractivity contribution in [3.05, 3.63) is 42.5 Å². The second-order valence-corrected chi connectivity index (χ2v) is 4.12. The number of nitrogen functional groups attached to an aromatic ring is 1. The molecule has 0 fully saturated rings. The number of ether oxygens (including phenoxy) is 3. The van der Waals surface area contributed by atoms with Gasteiger partial charge in [0.25, 0.3) is 0 Å². The summed E-state index contributed by atoms with van der Waals surface area (Å²) in [5.41, 5.74) is 6.41. The van der Waals surface area contributed by atoms with Gasteiger partial charge in [-0.1, -0.05) is 12.1 Å². The van der Waals surface area contributed by atoms with Crippen LogP contribution in [-0.2, 0) is 0 Å². The number of rotatable bonds is 6. The van der Waals surface area contributed by atoms with Crippen LogP contribution in [0.2, 0.25) is 0 Å². The molecule has 0 bridgehead atoms. The van der Waals surface area contributed by atoms with E-state index < -0.39 is 0 Å². The molecule has 0 aliphatic heterocycles. The topological polar surface area (TPSA) is 53.7 Å². The average Bonchev–Trinajstić information content (AvgIpc) is 2.43. The third-order valence-corrected chi connectivity index (χ3v) is 2.62. The fourth-order valence-electron chi connectivity index (χ4n) is 1.83. The molecular formula is C16H19NO3. The number of para-hydroxylation sites is 1. The van der Waals surface area contributed by atoms with E-state index >= 15 is 0 Å². The Bertz CT molecular complexity index is 545. The van der Waals surface area contributed by atoms with E-state index in [1.807, 2.05) is 50.2 Å². The van der Waals surface area contributed by atoms with E-state index in [4.69, 9.17) is 19.9 Å². The Balaban J connectivity index is 2.36. The standard InChI is InChI=1S/C16H19NO3/c1-3-18-14-9-6-10-15(19-4-2)16(14)20-13-8-5-7-12(17)11-13/h5-11H,3-4,17H2,1-2H3. The maximum absolute atomic E-state index is 5.90. The highest BCUT2D eigenvalue weighted by molar-refractivity contribution is 5.54. The molecule has 0 aliphatic rings. The maximum Gasteiger partial charge on any atom is 0.211 e. The molecule has 0 heterocycles. The minimum absolute atomic E-state index is 0.558.